The fourth-order valence-corrected chi connectivity index (χ4v) is 3.13. The lowest BCUT2D eigenvalue weighted by atomic mass is 9.87. The molecule has 0 spiro atoms. The largest absolute Gasteiger partial charge is 0.481 e. The number of amides is 1. The number of ether oxygens (including phenoxy) is 1. The number of hydrogen-bond acceptors (Lipinski definition) is 2. The normalized spacial score (nSPS) is 17.9. The van der Waals surface area contributed by atoms with Crippen LogP contribution in [0.4, 0.5) is 0 Å². The molecule has 0 fully saturated rings. The second-order valence-electron chi connectivity index (χ2n) is 6.18. The van der Waals surface area contributed by atoms with Crippen molar-refractivity contribution in [2.45, 2.75) is 45.3 Å². The summed E-state index contributed by atoms with van der Waals surface area (Å²) in [5.74, 6) is 0.703. The van der Waals surface area contributed by atoms with Gasteiger partial charge in [0.15, 0.2) is 6.10 Å². The monoisotopic (exact) mass is 309 g/mol. The lowest BCUT2D eigenvalue weighted by molar-refractivity contribution is -0.128. The highest BCUT2D eigenvalue weighted by atomic mass is 16.5. The molecule has 0 radical (unpaired) electrons. The Kier molecular flexibility index (Phi) is 4.65. The molecule has 0 heterocycles. The lowest BCUT2D eigenvalue weighted by Crippen LogP contribution is -2.39. The van der Waals surface area contributed by atoms with Gasteiger partial charge in [0, 0.05) is 0 Å². The van der Waals surface area contributed by atoms with Crippen LogP contribution in [0.1, 0.15) is 42.5 Å². The molecular formula is C20H23NO2. The first kappa shape index (κ1) is 15.6. The third-order valence-corrected chi connectivity index (χ3v) is 4.45. The van der Waals surface area contributed by atoms with E-state index in [1.807, 2.05) is 37.3 Å². The molecule has 1 amide bonds. The van der Waals surface area contributed by atoms with Gasteiger partial charge in [-0.25, -0.2) is 0 Å². The molecule has 3 rings (SSSR count). The van der Waals surface area contributed by atoms with Crippen molar-refractivity contribution >= 4 is 5.91 Å². The van der Waals surface area contributed by atoms with Crippen LogP contribution in [0, 0.1) is 6.92 Å². The molecule has 0 saturated carbocycles. The Balaban J connectivity index is 1.67. The van der Waals surface area contributed by atoms with Gasteiger partial charge in [0.05, 0.1) is 6.04 Å². The molecule has 1 N–H and O–H groups in total. The summed E-state index contributed by atoms with van der Waals surface area (Å²) in [4.78, 5) is 12.5. The van der Waals surface area contributed by atoms with Crippen LogP contribution in [0.3, 0.4) is 0 Å². The third-order valence-electron chi connectivity index (χ3n) is 4.45. The number of aryl methyl sites for hydroxylation is 2. The van der Waals surface area contributed by atoms with Gasteiger partial charge in [0.25, 0.3) is 5.91 Å². The summed E-state index contributed by atoms with van der Waals surface area (Å²) in [5.41, 5.74) is 3.63. The first-order valence-corrected chi connectivity index (χ1v) is 8.25. The van der Waals surface area contributed by atoms with E-state index in [9.17, 15) is 4.79 Å². The number of rotatable bonds is 4. The molecule has 120 valence electrons. The molecule has 0 bridgehead atoms. The predicted octanol–water partition coefficient (Wildman–Crippen LogP) is 3.96. The van der Waals surface area contributed by atoms with E-state index in [-0.39, 0.29) is 11.9 Å². The molecule has 1 aliphatic carbocycles. The average Bonchev–Trinajstić information content (AvgIpc) is 2.57. The summed E-state index contributed by atoms with van der Waals surface area (Å²) in [6, 6.07) is 16.2. The number of carbonyl (C=O) groups is 1. The zero-order valence-electron chi connectivity index (χ0n) is 13.7. The van der Waals surface area contributed by atoms with Gasteiger partial charge in [0.1, 0.15) is 5.75 Å². The van der Waals surface area contributed by atoms with Crippen molar-refractivity contribution in [3.8, 4) is 5.75 Å². The molecule has 0 aromatic heterocycles. The van der Waals surface area contributed by atoms with Gasteiger partial charge in [-0.05, 0) is 55.9 Å². The molecule has 3 heteroatoms. The van der Waals surface area contributed by atoms with Crippen LogP contribution < -0.4 is 10.1 Å². The van der Waals surface area contributed by atoms with Crippen molar-refractivity contribution < 1.29 is 9.53 Å². The van der Waals surface area contributed by atoms with Crippen molar-refractivity contribution in [3.05, 3.63) is 65.2 Å². The molecule has 2 aromatic rings. The molecule has 23 heavy (non-hydrogen) atoms. The number of fused-ring (bicyclic) bond motifs is 1. The van der Waals surface area contributed by atoms with Crippen LogP contribution in [0.5, 0.6) is 5.75 Å². The summed E-state index contributed by atoms with van der Waals surface area (Å²) in [7, 11) is 0. The number of benzene rings is 2. The van der Waals surface area contributed by atoms with Crippen LogP contribution in [0.25, 0.3) is 0 Å². The van der Waals surface area contributed by atoms with E-state index in [4.69, 9.17) is 4.74 Å². The van der Waals surface area contributed by atoms with E-state index < -0.39 is 6.10 Å². The van der Waals surface area contributed by atoms with E-state index in [0.29, 0.717) is 0 Å². The van der Waals surface area contributed by atoms with Gasteiger partial charge in [-0.1, -0.05) is 42.5 Å². The first-order chi connectivity index (χ1) is 11.1. The van der Waals surface area contributed by atoms with Crippen molar-refractivity contribution in [2.75, 3.05) is 0 Å². The Morgan fingerprint density at radius 2 is 1.91 bits per heavy atom. The molecule has 0 unspecified atom stereocenters. The molecule has 0 aliphatic heterocycles. The standard InChI is InChI=1S/C20H23NO2/c1-14-8-3-6-13-19(14)23-15(2)20(22)21-18-12-7-10-16-9-4-5-11-17(16)18/h3-6,8-9,11,13,15,18H,7,10,12H2,1-2H3,(H,21,22)/t15-,18-/m0/s1. The highest BCUT2D eigenvalue weighted by molar-refractivity contribution is 5.81. The zero-order valence-corrected chi connectivity index (χ0v) is 13.7. The minimum atomic E-state index is -0.509. The predicted molar refractivity (Wildman–Crippen MR) is 91.5 cm³/mol. The van der Waals surface area contributed by atoms with E-state index in [0.717, 1.165) is 30.6 Å². The Hall–Kier alpha value is -2.29. The molecular weight excluding hydrogens is 286 g/mol. The van der Waals surface area contributed by atoms with Crippen molar-refractivity contribution in [2.24, 2.45) is 0 Å². The summed E-state index contributed by atoms with van der Waals surface area (Å²) in [5, 5.41) is 3.15. The highest BCUT2D eigenvalue weighted by Gasteiger charge is 2.24. The van der Waals surface area contributed by atoms with Crippen molar-refractivity contribution in [3.63, 3.8) is 0 Å². The van der Waals surface area contributed by atoms with Gasteiger partial charge < -0.3 is 10.1 Å². The Morgan fingerprint density at radius 1 is 1.17 bits per heavy atom. The quantitative estimate of drug-likeness (QED) is 0.928. The minimum absolute atomic E-state index is 0.0602. The summed E-state index contributed by atoms with van der Waals surface area (Å²) in [6.07, 6.45) is 2.68. The average molecular weight is 309 g/mol. The van der Waals surface area contributed by atoms with Gasteiger partial charge in [-0.2, -0.15) is 0 Å². The van der Waals surface area contributed by atoms with E-state index in [1.54, 1.807) is 6.92 Å². The van der Waals surface area contributed by atoms with Crippen molar-refractivity contribution in [1.82, 2.24) is 5.32 Å². The van der Waals surface area contributed by atoms with Gasteiger partial charge >= 0.3 is 0 Å². The SMILES string of the molecule is Cc1ccccc1O[C@@H](C)C(=O)N[C@H]1CCCc2ccccc21. The summed E-state index contributed by atoms with van der Waals surface area (Å²) < 4.78 is 5.82. The maximum absolute atomic E-state index is 12.5. The van der Waals surface area contributed by atoms with Crippen LogP contribution >= 0.6 is 0 Å². The van der Waals surface area contributed by atoms with Gasteiger partial charge in [0.2, 0.25) is 0 Å². The Bertz CT molecular complexity index is 696. The zero-order chi connectivity index (χ0) is 16.2. The van der Waals surface area contributed by atoms with Crippen LogP contribution in [0.2, 0.25) is 0 Å². The minimum Gasteiger partial charge on any atom is -0.481 e. The Labute approximate surface area is 137 Å². The third kappa shape index (κ3) is 3.55. The number of para-hydroxylation sites is 1. The second-order valence-corrected chi connectivity index (χ2v) is 6.18. The topological polar surface area (TPSA) is 38.3 Å². The van der Waals surface area contributed by atoms with Gasteiger partial charge in [-0.15, -0.1) is 0 Å². The molecule has 1 aliphatic rings. The Morgan fingerprint density at radius 3 is 2.74 bits per heavy atom. The molecule has 0 saturated heterocycles. The van der Waals surface area contributed by atoms with E-state index in [1.165, 1.54) is 11.1 Å². The number of carbonyl (C=O) groups excluding carboxylic acids is 1. The maximum Gasteiger partial charge on any atom is 0.261 e. The lowest BCUT2D eigenvalue weighted by Gasteiger charge is -2.27. The maximum atomic E-state index is 12.5. The van der Waals surface area contributed by atoms with Gasteiger partial charge in [-0.3, -0.25) is 4.79 Å². The van der Waals surface area contributed by atoms with E-state index in [2.05, 4.69) is 23.5 Å². The van der Waals surface area contributed by atoms with Crippen molar-refractivity contribution in [1.29, 1.82) is 0 Å². The number of hydrogen-bond donors (Lipinski definition) is 1. The highest BCUT2D eigenvalue weighted by Crippen LogP contribution is 2.29. The fraction of sp³-hybridized carbons (Fsp3) is 0.350. The molecule has 3 nitrogen and oxygen atoms in total. The smallest absolute Gasteiger partial charge is 0.261 e. The molecule has 2 atom stereocenters. The molecule has 2 aromatic carbocycles. The van der Waals surface area contributed by atoms with E-state index >= 15 is 0 Å². The van der Waals surface area contributed by atoms with Crippen LogP contribution in [0.15, 0.2) is 48.5 Å². The second kappa shape index (κ2) is 6.86. The van der Waals surface area contributed by atoms with Crippen LogP contribution in [-0.4, -0.2) is 12.0 Å². The first-order valence-electron chi connectivity index (χ1n) is 8.25. The van der Waals surface area contributed by atoms with Crippen LogP contribution in [-0.2, 0) is 11.2 Å². The summed E-state index contributed by atoms with van der Waals surface area (Å²) in [6.45, 7) is 3.79. The fourth-order valence-electron chi connectivity index (χ4n) is 3.13. The summed E-state index contributed by atoms with van der Waals surface area (Å²) >= 11 is 0. The number of nitrogens with one attached hydrogen (secondary N) is 1.